The van der Waals surface area contributed by atoms with Gasteiger partial charge in [-0.1, -0.05) is 52.3 Å². The second-order valence-corrected chi connectivity index (χ2v) is 5.46. The highest BCUT2D eigenvalue weighted by atomic mass is 32.1. The summed E-state index contributed by atoms with van der Waals surface area (Å²) in [6.45, 7) is 8.15. The number of carbonyl (C=O) groups is 1. The molecule has 4 heteroatoms. The molecule has 3 nitrogen and oxygen atoms in total. The summed E-state index contributed by atoms with van der Waals surface area (Å²) < 4.78 is 0. The van der Waals surface area contributed by atoms with Gasteiger partial charge >= 0.3 is 0 Å². The highest BCUT2D eigenvalue weighted by molar-refractivity contribution is 7.80. The van der Waals surface area contributed by atoms with Crippen molar-refractivity contribution >= 4 is 23.1 Å². The zero-order chi connectivity index (χ0) is 14.2. The SMILES string of the molecule is CCCCCC(C)NC(=O)C(CC)(CC)C(N)=S. The molecule has 1 atom stereocenters. The third-order valence-corrected chi connectivity index (χ3v) is 4.12. The van der Waals surface area contributed by atoms with Crippen molar-refractivity contribution in [2.24, 2.45) is 11.1 Å². The molecule has 0 aromatic rings. The van der Waals surface area contributed by atoms with Crippen molar-refractivity contribution in [3.8, 4) is 0 Å². The molecule has 0 aromatic heterocycles. The van der Waals surface area contributed by atoms with Gasteiger partial charge in [0.1, 0.15) is 0 Å². The molecule has 0 aliphatic heterocycles. The quantitative estimate of drug-likeness (QED) is 0.501. The first kappa shape index (κ1) is 17.4. The van der Waals surface area contributed by atoms with E-state index >= 15 is 0 Å². The predicted octanol–water partition coefficient (Wildman–Crippen LogP) is 3.16. The number of amides is 1. The van der Waals surface area contributed by atoms with E-state index in [-0.39, 0.29) is 11.9 Å². The average Bonchev–Trinajstić information content (AvgIpc) is 2.31. The van der Waals surface area contributed by atoms with E-state index in [9.17, 15) is 4.79 Å². The summed E-state index contributed by atoms with van der Waals surface area (Å²) in [5.74, 6) is -0.0102. The van der Waals surface area contributed by atoms with Crippen LogP contribution in [0.25, 0.3) is 0 Å². The summed E-state index contributed by atoms with van der Waals surface area (Å²) in [6, 6.07) is 0.191. The summed E-state index contributed by atoms with van der Waals surface area (Å²) in [5.41, 5.74) is 5.09. The van der Waals surface area contributed by atoms with Crippen LogP contribution in [0.3, 0.4) is 0 Å². The molecule has 0 fully saturated rings. The number of rotatable bonds is 9. The van der Waals surface area contributed by atoms with Gasteiger partial charge < -0.3 is 11.1 Å². The molecule has 0 rings (SSSR count). The number of nitrogens with two attached hydrogens (primary N) is 1. The van der Waals surface area contributed by atoms with Crippen LogP contribution in [-0.4, -0.2) is 16.9 Å². The van der Waals surface area contributed by atoms with E-state index in [1.165, 1.54) is 12.8 Å². The Hall–Kier alpha value is -0.640. The van der Waals surface area contributed by atoms with Gasteiger partial charge in [0.2, 0.25) is 5.91 Å². The van der Waals surface area contributed by atoms with Crippen molar-refractivity contribution in [2.75, 3.05) is 0 Å². The number of hydrogen-bond donors (Lipinski definition) is 2. The molecule has 0 bridgehead atoms. The van der Waals surface area contributed by atoms with Crippen molar-refractivity contribution in [1.29, 1.82) is 0 Å². The van der Waals surface area contributed by atoms with Crippen molar-refractivity contribution in [2.45, 2.75) is 72.3 Å². The number of carbonyl (C=O) groups excluding carboxylic acids is 1. The Morgan fingerprint density at radius 3 is 2.22 bits per heavy atom. The minimum atomic E-state index is -0.672. The predicted molar refractivity (Wildman–Crippen MR) is 81.5 cm³/mol. The number of hydrogen-bond acceptors (Lipinski definition) is 2. The molecule has 0 saturated heterocycles. The Labute approximate surface area is 117 Å². The molecule has 1 amide bonds. The van der Waals surface area contributed by atoms with Crippen LogP contribution in [-0.2, 0) is 4.79 Å². The topological polar surface area (TPSA) is 55.1 Å². The molecule has 1 unspecified atom stereocenters. The lowest BCUT2D eigenvalue weighted by molar-refractivity contribution is -0.128. The number of thiocarbonyl (C=S) groups is 1. The molecule has 0 aliphatic carbocycles. The Morgan fingerprint density at radius 1 is 1.28 bits per heavy atom. The van der Waals surface area contributed by atoms with Crippen LogP contribution < -0.4 is 11.1 Å². The Bertz CT molecular complexity index is 275. The minimum absolute atomic E-state index is 0.0102. The van der Waals surface area contributed by atoms with Crippen LogP contribution in [0, 0.1) is 5.41 Å². The molecule has 106 valence electrons. The largest absolute Gasteiger partial charge is 0.392 e. The maximum atomic E-state index is 12.3. The summed E-state index contributed by atoms with van der Waals surface area (Å²) in [6.07, 6.45) is 5.89. The molecule has 0 spiro atoms. The molecule has 0 saturated carbocycles. The van der Waals surface area contributed by atoms with E-state index in [0.717, 1.165) is 12.8 Å². The Morgan fingerprint density at radius 2 is 1.83 bits per heavy atom. The number of unbranched alkanes of at least 4 members (excludes halogenated alkanes) is 2. The van der Waals surface area contributed by atoms with Gasteiger partial charge in [-0.15, -0.1) is 0 Å². The van der Waals surface area contributed by atoms with Gasteiger partial charge in [0, 0.05) is 6.04 Å². The van der Waals surface area contributed by atoms with Gasteiger partial charge in [0.15, 0.2) is 0 Å². The van der Waals surface area contributed by atoms with E-state index in [1.807, 2.05) is 20.8 Å². The van der Waals surface area contributed by atoms with Gasteiger partial charge in [0.05, 0.1) is 10.4 Å². The van der Waals surface area contributed by atoms with Crippen LogP contribution >= 0.6 is 12.2 Å². The highest BCUT2D eigenvalue weighted by Gasteiger charge is 2.38. The van der Waals surface area contributed by atoms with Crippen LogP contribution in [0.2, 0.25) is 0 Å². The zero-order valence-electron chi connectivity index (χ0n) is 12.2. The Balaban J connectivity index is 4.48. The monoisotopic (exact) mass is 272 g/mol. The van der Waals surface area contributed by atoms with Gasteiger partial charge in [-0.25, -0.2) is 0 Å². The lowest BCUT2D eigenvalue weighted by atomic mass is 9.81. The summed E-state index contributed by atoms with van der Waals surface area (Å²) in [4.78, 5) is 12.6. The lowest BCUT2D eigenvalue weighted by Gasteiger charge is -2.30. The highest BCUT2D eigenvalue weighted by Crippen LogP contribution is 2.27. The summed E-state index contributed by atoms with van der Waals surface area (Å²) in [5, 5.41) is 3.06. The molecular weight excluding hydrogens is 244 g/mol. The van der Waals surface area contributed by atoms with E-state index in [2.05, 4.69) is 12.2 Å². The first-order valence-electron chi connectivity index (χ1n) is 7.05. The minimum Gasteiger partial charge on any atom is -0.392 e. The van der Waals surface area contributed by atoms with E-state index in [0.29, 0.717) is 17.8 Å². The van der Waals surface area contributed by atoms with E-state index in [4.69, 9.17) is 18.0 Å². The summed E-state index contributed by atoms with van der Waals surface area (Å²) in [7, 11) is 0. The first-order chi connectivity index (χ1) is 8.44. The third kappa shape index (κ3) is 4.56. The lowest BCUT2D eigenvalue weighted by Crippen LogP contribution is -2.50. The van der Waals surface area contributed by atoms with E-state index in [1.54, 1.807) is 0 Å². The molecule has 18 heavy (non-hydrogen) atoms. The average molecular weight is 272 g/mol. The normalized spacial score (nSPS) is 13.1. The molecule has 3 N–H and O–H groups in total. The fraction of sp³-hybridized carbons (Fsp3) is 0.857. The van der Waals surface area contributed by atoms with Crippen LogP contribution in [0.5, 0.6) is 0 Å². The zero-order valence-corrected chi connectivity index (χ0v) is 13.0. The van der Waals surface area contributed by atoms with Crippen molar-refractivity contribution in [3.63, 3.8) is 0 Å². The van der Waals surface area contributed by atoms with E-state index < -0.39 is 5.41 Å². The molecule has 0 heterocycles. The van der Waals surface area contributed by atoms with Gasteiger partial charge in [-0.2, -0.15) is 0 Å². The summed E-state index contributed by atoms with van der Waals surface area (Å²) >= 11 is 5.08. The smallest absolute Gasteiger partial charge is 0.233 e. The fourth-order valence-corrected chi connectivity index (χ4v) is 2.55. The maximum Gasteiger partial charge on any atom is 0.233 e. The molecule has 0 aliphatic rings. The van der Waals surface area contributed by atoms with Crippen molar-refractivity contribution in [3.05, 3.63) is 0 Å². The molecule has 0 radical (unpaired) electrons. The second-order valence-electron chi connectivity index (χ2n) is 5.02. The second kappa shape index (κ2) is 8.46. The first-order valence-corrected chi connectivity index (χ1v) is 7.46. The molecular formula is C14H28N2OS. The van der Waals surface area contributed by atoms with Crippen LogP contribution in [0.4, 0.5) is 0 Å². The number of nitrogens with one attached hydrogen (secondary N) is 1. The van der Waals surface area contributed by atoms with Crippen molar-refractivity contribution < 1.29 is 4.79 Å². The van der Waals surface area contributed by atoms with Crippen LogP contribution in [0.15, 0.2) is 0 Å². The van der Waals surface area contributed by atoms with Gasteiger partial charge in [-0.05, 0) is 26.2 Å². The maximum absolute atomic E-state index is 12.3. The third-order valence-electron chi connectivity index (χ3n) is 3.73. The molecule has 0 aromatic carbocycles. The Kier molecular flexibility index (Phi) is 8.16. The van der Waals surface area contributed by atoms with Gasteiger partial charge in [0.25, 0.3) is 0 Å². The van der Waals surface area contributed by atoms with Gasteiger partial charge in [-0.3, -0.25) is 4.79 Å². The standard InChI is InChI=1S/C14H28N2OS/c1-5-8-9-10-11(4)16-13(17)14(6-2,7-3)12(15)18/h11H,5-10H2,1-4H3,(H2,15,18)(H,16,17). The van der Waals surface area contributed by atoms with Crippen molar-refractivity contribution in [1.82, 2.24) is 5.32 Å². The fourth-order valence-electron chi connectivity index (χ4n) is 2.17. The van der Waals surface area contributed by atoms with Crippen LogP contribution in [0.1, 0.15) is 66.2 Å².